The number of hydrogen-bond acceptors (Lipinski definition) is 2. The van der Waals surface area contributed by atoms with Crippen molar-refractivity contribution in [2.45, 2.75) is 71.9 Å². The Morgan fingerprint density at radius 2 is 1.81 bits per heavy atom. The minimum absolute atomic E-state index is 0.176. The lowest BCUT2D eigenvalue weighted by atomic mass is 9.72. The van der Waals surface area contributed by atoms with E-state index in [0.717, 1.165) is 12.2 Å². The predicted molar refractivity (Wildman–Crippen MR) is 90.0 cm³/mol. The molecule has 0 spiro atoms. The van der Waals surface area contributed by atoms with E-state index in [0.29, 0.717) is 11.5 Å². The van der Waals surface area contributed by atoms with Crippen molar-refractivity contribution in [2.24, 2.45) is 5.41 Å². The third-order valence-electron chi connectivity index (χ3n) is 4.46. The van der Waals surface area contributed by atoms with E-state index < -0.39 is 0 Å². The minimum atomic E-state index is 0.176. The van der Waals surface area contributed by atoms with Crippen LogP contribution in [0, 0.1) is 5.41 Å². The van der Waals surface area contributed by atoms with Crippen LogP contribution in [0.25, 0.3) is 0 Å². The Labute approximate surface area is 130 Å². The van der Waals surface area contributed by atoms with Crippen LogP contribution in [0.15, 0.2) is 18.2 Å². The molecule has 118 valence electrons. The number of benzene rings is 1. The molecule has 2 rings (SSSR count). The molecular weight excluding hydrogens is 258 g/mol. The summed E-state index contributed by atoms with van der Waals surface area (Å²) in [5.74, 6) is 1.05. The number of nitrogens with one attached hydrogen (secondary N) is 1. The van der Waals surface area contributed by atoms with Crippen LogP contribution in [0.5, 0.6) is 5.75 Å². The van der Waals surface area contributed by atoms with Crippen molar-refractivity contribution in [3.8, 4) is 5.75 Å². The maximum Gasteiger partial charge on any atom is 0.124 e. The van der Waals surface area contributed by atoms with Crippen LogP contribution in [0.4, 0.5) is 0 Å². The van der Waals surface area contributed by atoms with E-state index in [1.165, 1.54) is 17.5 Å². The van der Waals surface area contributed by atoms with Crippen molar-refractivity contribution in [2.75, 3.05) is 7.05 Å². The average Bonchev–Trinajstić information content (AvgIpc) is 2.72. The molecule has 0 bridgehead atoms. The van der Waals surface area contributed by atoms with Crippen molar-refractivity contribution >= 4 is 0 Å². The lowest BCUT2D eigenvalue weighted by molar-refractivity contribution is 0.189. The number of rotatable bonds is 4. The molecule has 0 aromatic heterocycles. The van der Waals surface area contributed by atoms with Gasteiger partial charge in [-0.15, -0.1) is 0 Å². The molecule has 2 nitrogen and oxygen atoms in total. The van der Waals surface area contributed by atoms with Crippen molar-refractivity contribution in [3.05, 3.63) is 29.3 Å². The van der Waals surface area contributed by atoms with Crippen molar-refractivity contribution < 1.29 is 4.74 Å². The van der Waals surface area contributed by atoms with E-state index in [1.54, 1.807) is 0 Å². The van der Waals surface area contributed by atoms with Crippen LogP contribution in [0.2, 0.25) is 0 Å². The summed E-state index contributed by atoms with van der Waals surface area (Å²) in [6, 6.07) is 7.08. The van der Waals surface area contributed by atoms with Gasteiger partial charge in [-0.3, -0.25) is 0 Å². The Bertz CT molecular complexity index is 499. The molecule has 21 heavy (non-hydrogen) atoms. The van der Waals surface area contributed by atoms with Gasteiger partial charge in [0.25, 0.3) is 0 Å². The quantitative estimate of drug-likeness (QED) is 0.857. The fourth-order valence-corrected chi connectivity index (χ4v) is 3.84. The van der Waals surface area contributed by atoms with Crippen LogP contribution < -0.4 is 10.1 Å². The van der Waals surface area contributed by atoms with E-state index in [4.69, 9.17) is 4.74 Å². The van der Waals surface area contributed by atoms with Crippen LogP contribution in [0.3, 0.4) is 0 Å². The molecule has 1 aliphatic rings. The van der Waals surface area contributed by atoms with Gasteiger partial charge in [0.1, 0.15) is 11.9 Å². The molecule has 0 saturated carbocycles. The lowest BCUT2D eigenvalue weighted by Gasteiger charge is -2.33. The molecule has 2 heteroatoms. The number of ether oxygens (including phenoxy) is 1. The molecule has 2 unspecified atom stereocenters. The fourth-order valence-electron chi connectivity index (χ4n) is 3.84. The molecule has 0 fully saturated rings. The highest BCUT2D eigenvalue weighted by Crippen LogP contribution is 2.42. The first-order valence-electron chi connectivity index (χ1n) is 8.16. The first kappa shape index (κ1) is 16.4. The smallest absolute Gasteiger partial charge is 0.124 e. The third-order valence-corrected chi connectivity index (χ3v) is 4.46. The topological polar surface area (TPSA) is 21.3 Å². The van der Waals surface area contributed by atoms with Gasteiger partial charge in [0.05, 0.1) is 6.04 Å². The summed E-state index contributed by atoms with van der Waals surface area (Å²) in [4.78, 5) is 0. The van der Waals surface area contributed by atoms with Crippen LogP contribution in [-0.4, -0.2) is 13.2 Å². The Hall–Kier alpha value is -1.02. The fraction of sp³-hybridized carbons (Fsp3) is 0.684. The van der Waals surface area contributed by atoms with Gasteiger partial charge in [0.15, 0.2) is 0 Å². The van der Waals surface area contributed by atoms with E-state index in [9.17, 15) is 0 Å². The van der Waals surface area contributed by atoms with E-state index in [-0.39, 0.29) is 11.5 Å². The summed E-state index contributed by atoms with van der Waals surface area (Å²) in [5.41, 5.74) is 3.24. The summed E-state index contributed by atoms with van der Waals surface area (Å²) >= 11 is 0. The Morgan fingerprint density at radius 3 is 2.33 bits per heavy atom. The standard InChI is InChI=1S/C19H31NO/c1-8-15-17(20-7)14-11-13(9-10-16(14)21-15)19(5,6)12-18(2,3)4/h9-11,15,17,20H,8,12H2,1-7H3. The van der Waals surface area contributed by atoms with Crippen molar-refractivity contribution in [1.29, 1.82) is 0 Å². The summed E-state index contributed by atoms with van der Waals surface area (Å²) < 4.78 is 6.07. The van der Waals surface area contributed by atoms with Crippen LogP contribution in [-0.2, 0) is 5.41 Å². The lowest BCUT2D eigenvalue weighted by Crippen LogP contribution is -2.28. The van der Waals surface area contributed by atoms with E-state index in [1.807, 2.05) is 7.05 Å². The average molecular weight is 289 g/mol. The van der Waals surface area contributed by atoms with Crippen molar-refractivity contribution in [3.63, 3.8) is 0 Å². The van der Waals surface area contributed by atoms with Crippen LogP contribution in [0.1, 0.15) is 71.6 Å². The maximum absolute atomic E-state index is 6.07. The Balaban J connectivity index is 2.34. The third kappa shape index (κ3) is 3.42. The number of likely N-dealkylation sites (N-methyl/N-ethyl adjacent to an activating group) is 1. The summed E-state index contributed by atoms with van der Waals surface area (Å²) in [5, 5.41) is 3.42. The Kier molecular flexibility index (Phi) is 4.39. The predicted octanol–water partition coefficient (Wildman–Crippen LogP) is 4.83. The van der Waals surface area contributed by atoms with Gasteiger partial charge in [-0.25, -0.2) is 0 Å². The molecule has 1 aliphatic heterocycles. The number of fused-ring (bicyclic) bond motifs is 1. The van der Waals surface area contributed by atoms with Gasteiger partial charge < -0.3 is 10.1 Å². The molecular formula is C19H31NO. The zero-order valence-corrected chi connectivity index (χ0v) is 14.7. The normalized spacial score (nSPS) is 22.0. The highest BCUT2D eigenvalue weighted by molar-refractivity contribution is 5.45. The molecule has 0 aliphatic carbocycles. The second-order valence-electron chi connectivity index (χ2n) is 8.20. The minimum Gasteiger partial charge on any atom is -0.488 e. The summed E-state index contributed by atoms with van der Waals surface area (Å²) in [6.07, 6.45) is 2.45. The Morgan fingerprint density at radius 1 is 1.14 bits per heavy atom. The van der Waals surface area contributed by atoms with E-state index in [2.05, 4.69) is 65.1 Å². The molecule has 1 aromatic carbocycles. The van der Waals surface area contributed by atoms with Crippen molar-refractivity contribution in [1.82, 2.24) is 5.32 Å². The highest BCUT2D eigenvalue weighted by atomic mass is 16.5. The van der Waals surface area contributed by atoms with Gasteiger partial charge in [-0.2, -0.15) is 0 Å². The monoisotopic (exact) mass is 289 g/mol. The SMILES string of the molecule is CCC1Oc2ccc(C(C)(C)CC(C)(C)C)cc2C1NC. The summed E-state index contributed by atoms with van der Waals surface area (Å²) in [6.45, 7) is 13.8. The molecule has 0 saturated heterocycles. The van der Waals surface area contributed by atoms with E-state index >= 15 is 0 Å². The zero-order chi connectivity index (χ0) is 15.8. The second-order valence-corrected chi connectivity index (χ2v) is 8.20. The highest BCUT2D eigenvalue weighted by Gasteiger charge is 2.34. The zero-order valence-electron chi connectivity index (χ0n) is 14.7. The van der Waals surface area contributed by atoms with Gasteiger partial charge in [-0.05, 0) is 48.4 Å². The molecule has 1 N–H and O–H groups in total. The molecule has 0 radical (unpaired) electrons. The summed E-state index contributed by atoms with van der Waals surface area (Å²) in [7, 11) is 2.03. The maximum atomic E-state index is 6.07. The van der Waals surface area contributed by atoms with Gasteiger partial charge in [0.2, 0.25) is 0 Å². The van der Waals surface area contributed by atoms with Gasteiger partial charge in [-0.1, -0.05) is 47.6 Å². The molecule has 1 heterocycles. The molecule has 0 amide bonds. The largest absolute Gasteiger partial charge is 0.488 e. The second kappa shape index (κ2) is 5.64. The van der Waals surface area contributed by atoms with Gasteiger partial charge >= 0.3 is 0 Å². The molecule has 1 aromatic rings. The number of hydrogen-bond donors (Lipinski definition) is 1. The van der Waals surface area contributed by atoms with Gasteiger partial charge in [0, 0.05) is 5.56 Å². The first-order chi connectivity index (χ1) is 9.68. The molecule has 2 atom stereocenters. The first-order valence-corrected chi connectivity index (χ1v) is 8.16. The van der Waals surface area contributed by atoms with Crippen LogP contribution >= 0.6 is 0 Å².